The van der Waals surface area contributed by atoms with Crippen molar-refractivity contribution in [3.8, 4) is 5.75 Å². The number of carbonyl (C=O) groups excluding carboxylic acids is 1. The van der Waals surface area contributed by atoms with Crippen LogP contribution in [0.2, 0.25) is 0 Å². The van der Waals surface area contributed by atoms with Crippen LogP contribution >= 0.6 is 0 Å². The van der Waals surface area contributed by atoms with Crippen LogP contribution < -0.4 is 4.74 Å². The van der Waals surface area contributed by atoms with Gasteiger partial charge in [-0.3, -0.25) is 4.79 Å². The second kappa shape index (κ2) is 7.57. The van der Waals surface area contributed by atoms with Gasteiger partial charge < -0.3 is 19.1 Å². The minimum absolute atomic E-state index is 0.0244. The van der Waals surface area contributed by atoms with Crippen molar-refractivity contribution >= 4 is 5.91 Å². The predicted molar refractivity (Wildman–Crippen MR) is 106 cm³/mol. The molecule has 4 rings (SSSR count). The van der Waals surface area contributed by atoms with E-state index >= 15 is 0 Å². The molecule has 0 saturated carbocycles. The molecule has 2 saturated heterocycles. The van der Waals surface area contributed by atoms with Crippen LogP contribution in [0.15, 0.2) is 48.5 Å². The van der Waals surface area contributed by atoms with Crippen LogP contribution in [0, 0.1) is 6.92 Å². The lowest BCUT2D eigenvalue weighted by Crippen LogP contribution is -2.53. The fraction of sp³-hybridized carbons (Fsp3) is 0.435. The summed E-state index contributed by atoms with van der Waals surface area (Å²) in [6.45, 7) is 7.39. The molecule has 0 spiro atoms. The topological polar surface area (TPSA) is 48.0 Å². The van der Waals surface area contributed by atoms with E-state index in [9.17, 15) is 4.79 Å². The van der Waals surface area contributed by atoms with Gasteiger partial charge in [-0.15, -0.1) is 0 Å². The molecule has 0 aliphatic carbocycles. The lowest BCUT2D eigenvalue weighted by atomic mass is 9.82. The Morgan fingerprint density at radius 3 is 2.71 bits per heavy atom. The zero-order valence-corrected chi connectivity index (χ0v) is 16.7. The number of nitrogens with zero attached hydrogens (tertiary/aromatic N) is 1. The van der Waals surface area contributed by atoms with Gasteiger partial charge in [0, 0.05) is 18.5 Å². The number of hydrogen-bond donors (Lipinski definition) is 0. The Morgan fingerprint density at radius 2 is 2.00 bits per heavy atom. The highest BCUT2D eigenvalue weighted by molar-refractivity contribution is 5.94. The maximum absolute atomic E-state index is 13.1. The minimum Gasteiger partial charge on any atom is -0.491 e. The van der Waals surface area contributed by atoms with E-state index in [0.717, 1.165) is 23.3 Å². The van der Waals surface area contributed by atoms with E-state index in [0.29, 0.717) is 18.7 Å². The summed E-state index contributed by atoms with van der Waals surface area (Å²) in [4.78, 5) is 15.0. The smallest absolute Gasteiger partial charge is 0.253 e. The summed E-state index contributed by atoms with van der Waals surface area (Å²) in [5.41, 5.74) is 2.31. The molecule has 2 aromatic carbocycles. The van der Waals surface area contributed by atoms with Crippen molar-refractivity contribution in [1.29, 1.82) is 0 Å². The van der Waals surface area contributed by atoms with E-state index < -0.39 is 5.60 Å². The maximum Gasteiger partial charge on any atom is 0.253 e. The Balaban J connectivity index is 1.51. The molecule has 0 unspecified atom stereocenters. The van der Waals surface area contributed by atoms with Gasteiger partial charge in [-0.1, -0.05) is 30.3 Å². The van der Waals surface area contributed by atoms with Crippen molar-refractivity contribution in [3.63, 3.8) is 0 Å². The van der Waals surface area contributed by atoms with Crippen LogP contribution in [0.3, 0.4) is 0 Å². The molecule has 0 bridgehead atoms. The first-order chi connectivity index (χ1) is 13.5. The highest BCUT2D eigenvalue weighted by Gasteiger charge is 2.51. The van der Waals surface area contributed by atoms with Crippen molar-refractivity contribution in [3.05, 3.63) is 65.2 Å². The van der Waals surface area contributed by atoms with Crippen LogP contribution in [0.4, 0.5) is 0 Å². The third-order valence-corrected chi connectivity index (χ3v) is 5.58. The first-order valence-corrected chi connectivity index (χ1v) is 9.87. The molecule has 2 fully saturated rings. The van der Waals surface area contributed by atoms with Gasteiger partial charge in [0.05, 0.1) is 12.6 Å². The molecule has 2 aliphatic heterocycles. The second-order valence-electron chi connectivity index (χ2n) is 7.82. The van der Waals surface area contributed by atoms with Crippen LogP contribution in [-0.2, 0) is 15.1 Å². The number of benzene rings is 2. The molecule has 28 heavy (non-hydrogen) atoms. The van der Waals surface area contributed by atoms with Crippen LogP contribution in [-0.4, -0.2) is 42.9 Å². The zero-order chi connectivity index (χ0) is 19.7. The quantitative estimate of drug-likeness (QED) is 0.806. The third kappa shape index (κ3) is 3.40. The Hall–Kier alpha value is -2.37. The molecular weight excluding hydrogens is 354 g/mol. The summed E-state index contributed by atoms with van der Waals surface area (Å²) in [6.07, 6.45) is 0.672. The fourth-order valence-corrected chi connectivity index (χ4v) is 4.14. The number of carbonyl (C=O) groups is 1. The van der Waals surface area contributed by atoms with Crippen LogP contribution in [0.1, 0.15) is 41.8 Å². The van der Waals surface area contributed by atoms with E-state index in [4.69, 9.17) is 14.2 Å². The number of hydrogen-bond acceptors (Lipinski definition) is 4. The highest BCUT2D eigenvalue weighted by Crippen LogP contribution is 2.42. The predicted octanol–water partition coefficient (Wildman–Crippen LogP) is 3.90. The lowest BCUT2D eigenvalue weighted by molar-refractivity contribution is -0.0439. The summed E-state index contributed by atoms with van der Waals surface area (Å²) in [5, 5.41) is 0. The molecule has 0 radical (unpaired) electrons. The SMILES string of the molecule is Cc1cc(C(=O)N2CC[C@]3(c4ccccc4)OCO[C@@H]3C2)ccc1OC(C)C. The summed E-state index contributed by atoms with van der Waals surface area (Å²) >= 11 is 0. The molecule has 0 aromatic heterocycles. The van der Waals surface area contributed by atoms with Crippen molar-refractivity contribution in [2.24, 2.45) is 0 Å². The lowest BCUT2D eigenvalue weighted by Gasteiger charge is -2.42. The van der Waals surface area contributed by atoms with Crippen LogP contribution in [0.5, 0.6) is 5.75 Å². The van der Waals surface area contributed by atoms with Gasteiger partial charge in [0.1, 0.15) is 24.2 Å². The molecule has 2 atom stereocenters. The Kier molecular flexibility index (Phi) is 5.13. The first kappa shape index (κ1) is 19.0. The fourth-order valence-electron chi connectivity index (χ4n) is 4.14. The van der Waals surface area contributed by atoms with Crippen molar-refractivity contribution in [2.45, 2.75) is 45.0 Å². The number of rotatable bonds is 4. The first-order valence-electron chi connectivity index (χ1n) is 9.87. The summed E-state index contributed by atoms with van der Waals surface area (Å²) in [6, 6.07) is 15.8. The maximum atomic E-state index is 13.1. The minimum atomic E-state index is -0.455. The molecule has 2 aromatic rings. The number of amides is 1. The summed E-state index contributed by atoms with van der Waals surface area (Å²) < 4.78 is 17.7. The average molecular weight is 381 g/mol. The normalized spacial score (nSPS) is 24.3. The van der Waals surface area contributed by atoms with Crippen molar-refractivity contribution in [1.82, 2.24) is 4.90 Å². The number of aryl methyl sites for hydroxylation is 1. The van der Waals surface area contributed by atoms with Crippen molar-refractivity contribution < 1.29 is 19.0 Å². The molecular formula is C23H27NO4. The van der Waals surface area contributed by atoms with Gasteiger partial charge in [0.15, 0.2) is 0 Å². The van der Waals surface area contributed by atoms with E-state index in [1.54, 1.807) is 0 Å². The third-order valence-electron chi connectivity index (χ3n) is 5.58. The standard InChI is InChI=1S/C23H27NO4/c1-16(2)28-20-10-9-18(13-17(20)3)22(25)24-12-11-23(19-7-5-4-6-8-19)21(14-24)26-15-27-23/h4-10,13,16,21H,11-12,14-15H2,1-3H3/t21-,23-/m1/s1. The number of likely N-dealkylation sites (tertiary alicyclic amines) is 1. The van der Waals surface area contributed by atoms with Gasteiger partial charge in [0.25, 0.3) is 5.91 Å². The molecule has 2 heterocycles. The van der Waals surface area contributed by atoms with Gasteiger partial charge in [0.2, 0.25) is 0 Å². The van der Waals surface area contributed by atoms with E-state index in [1.807, 2.05) is 62.1 Å². The molecule has 1 amide bonds. The van der Waals surface area contributed by atoms with E-state index in [2.05, 4.69) is 12.1 Å². The monoisotopic (exact) mass is 381 g/mol. The van der Waals surface area contributed by atoms with Gasteiger partial charge >= 0.3 is 0 Å². The largest absolute Gasteiger partial charge is 0.491 e. The summed E-state index contributed by atoms with van der Waals surface area (Å²) in [5.74, 6) is 0.845. The van der Waals surface area contributed by atoms with Crippen LogP contribution in [0.25, 0.3) is 0 Å². The van der Waals surface area contributed by atoms with E-state index in [-0.39, 0.29) is 24.9 Å². The van der Waals surface area contributed by atoms with Crippen molar-refractivity contribution in [2.75, 3.05) is 19.9 Å². The molecule has 5 heteroatoms. The number of fused-ring (bicyclic) bond motifs is 1. The molecule has 2 aliphatic rings. The average Bonchev–Trinajstić information content (AvgIpc) is 3.13. The number of ether oxygens (including phenoxy) is 3. The Labute approximate surface area is 166 Å². The van der Waals surface area contributed by atoms with Gasteiger partial charge in [-0.25, -0.2) is 0 Å². The van der Waals surface area contributed by atoms with Gasteiger partial charge in [-0.2, -0.15) is 0 Å². The Morgan fingerprint density at radius 1 is 1.21 bits per heavy atom. The number of piperidine rings is 1. The summed E-state index contributed by atoms with van der Waals surface area (Å²) in [7, 11) is 0. The van der Waals surface area contributed by atoms with Gasteiger partial charge in [-0.05, 0) is 50.1 Å². The molecule has 0 N–H and O–H groups in total. The Bertz CT molecular complexity index is 851. The highest BCUT2D eigenvalue weighted by atomic mass is 16.7. The molecule has 148 valence electrons. The zero-order valence-electron chi connectivity index (χ0n) is 16.7. The molecule has 5 nitrogen and oxygen atoms in total. The second-order valence-corrected chi connectivity index (χ2v) is 7.82. The van der Waals surface area contributed by atoms with E-state index in [1.165, 1.54) is 0 Å².